The number of fused-ring (bicyclic) bond motifs is 1. The molecule has 0 spiro atoms. The highest BCUT2D eigenvalue weighted by Gasteiger charge is 1.99. The van der Waals surface area contributed by atoms with Gasteiger partial charge in [-0.15, -0.1) is 12.4 Å². The van der Waals surface area contributed by atoms with E-state index < -0.39 is 0 Å². The zero-order valence-corrected chi connectivity index (χ0v) is 10.7. The van der Waals surface area contributed by atoms with Crippen molar-refractivity contribution in [2.24, 2.45) is 5.73 Å². The molecule has 2 aromatic carbocycles. The molecule has 2 N–H and O–H groups in total. The molecule has 0 bridgehead atoms. The Morgan fingerprint density at radius 1 is 1.00 bits per heavy atom. The Morgan fingerprint density at radius 2 is 1.75 bits per heavy atom. The molecule has 3 heteroatoms. The van der Waals surface area contributed by atoms with Gasteiger partial charge in [0.2, 0.25) is 0 Å². The van der Waals surface area contributed by atoms with E-state index in [2.05, 4.69) is 42.5 Å². The van der Waals surface area contributed by atoms with Gasteiger partial charge in [0.15, 0.2) is 0 Å². The van der Waals surface area contributed by atoms with Crippen LogP contribution in [0.5, 0.6) is 0 Å². The van der Waals surface area contributed by atoms with Crippen LogP contribution in [0.15, 0.2) is 42.5 Å². The van der Waals surface area contributed by atoms with Crippen LogP contribution in [0.25, 0.3) is 10.8 Å². The van der Waals surface area contributed by atoms with E-state index in [9.17, 15) is 0 Å². The van der Waals surface area contributed by atoms with Crippen LogP contribution >= 0.6 is 24.2 Å². The van der Waals surface area contributed by atoms with Gasteiger partial charge >= 0.3 is 0 Å². The molecule has 0 atom stereocenters. The van der Waals surface area contributed by atoms with E-state index in [1.165, 1.54) is 16.3 Å². The lowest BCUT2D eigenvalue weighted by Crippen LogP contribution is -2.01. The minimum absolute atomic E-state index is 0. The third-order valence-electron chi connectivity index (χ3n) is 2.40. The van der Waals surface area contributed by atoms with Gasteiger partial charge in [-0.25, -0.2) is 0 Å². The Balaban J connectivity index is 0.00000128. The molecule has 0 fully saturated rings. The number of rotatable bonds is 4. The molecule has 0 aliphatic heterocycles. The monoisotopic (exact) mass is 253 g/mol. The standard InChI is InChI=1S/C13H15NS.ClH/c14-8-9-15-10-12-6-3-5-11-4-1-2-7-13(11)12;/h1-7H,8-10,14H2;1H. The molecule has 0 unspecified atom stereocenters. The summed E-state index contributed by atoms with van der Waals surface area (Å²) in [5.74, 6) is 2.09. The average molecular weight is 254 g/mol. The molecule has 0 aliphatic carbocycles. The van der Waals surface area contributed by atoms with Crippen LogP contribution < -0.4 is 5.73 Å². The Hall–Kier alpha value is -0.700. The lowest BCUT2D eigenvalue weighted by atomic mass is 10.1. The minimum Gasteiger partial charge on any atom is -0.330 e. The van der Waals surface area contributed by atoms with Gasteiger partial charge in [0.1, 0.15) is 0 Å². The van der Waals surface area contributed by atoms with Crippen LogP contribution in [0.1, 0.15) is 5.56 Å². The Labute approximate surface area is 107 Å². The van der Waals surface area contributed by atoms with E-state index in [1.807, 2.05) is 11.8 Å². The summed E-state index contributed by atoms with van der Waals surface area (Å²) in [6, 6.07) is 15.0. The van der Waals surface area contributed by atoms with E-state index in [0.717, 1.165) is 18.1 Å². The maximum Gasteiger partial charge on any atom is 0.0191 e. The molecule has 0 heterocycles. The topological polar surface area (TPSA) is 26.0 Å². The molecule has 1 nitrogen and oxygen atoms in total. The first-order chi connectivity index (χ1) is 7.42. The average Bonchev–Trinajstić information content (AvgIpc) is 2.30. The third-order valence-corrected chi connectivity index (χ3v) is 3.44. The van der Waals surface area contributed by atoms with E-state index in [-0.39, 0.29) is 12.4 Å². The highest BCUT2D eigenvalue weighted by Crippen LogP contribution is 2.22. The predicted octanol–water partition coefficient (Wildman–Crippen LogP) is 3.45. The molecular weight excluding hydrogens is 238 g/mol. The second-order valence-electron chi connectivity index (χ2n) is 3.48. The van der Waals surface area contributed by atoms with E-state index in [4.69, 9.17) is 5.73 Å². The lowest BCUT2D eigenvalue weighted by molar-refractivity contribution is 1.15. The Morgan fingerprint density at radius 3 is 2.56 bits per heavy atom. The van der Waals surface area contributed by atoms with Crippen molar-refractivity contribution in [2.45, 2.75) is 5.75 Å². The van der Waals surface area contributed by atoms with Gasteiger partial charge in [-0.1, -0.05) is 42.5 Å². The number of benzene rings is 2. The van der Waals surface area contributed by atoms with Crippen molar-refractivity contribution in [1.82, 2.24) is 0 Å². The van der Waals surface area contributed by atoms with Gasteiger partial charge in [-0.05, 0) is 16.3 Å². The summed E-state index contributed by atoms with van der Waals surface area (Å²) in [4.78, 5) is 0. The van der Waals surface area contributed by atoms with Crippen LogP contribution in [-0.2, 0) is 5.75 Å². The van der Waals surface area contributed by atoms with Crippen molar-refractivity contribution < 1.29 is 0 Å². The fourth-order valence-electron chi connectivity index (χ4n) is 1.68. The fourth-order valence-corrected chi connectivity index (χ4v) is 2.47. The molecule has 0 amide bonds. The zero-order valence-electron chi connectivity index (χ0n) is 9.06. The highest BCUT2D eigenvalue weighted by molar-refractivity contribution is 7.98. The second kappa shape index (κ2) is 6.79. The summed E-state index contributed by atoms with van der Waals surface area (Å²) in [6.45, 7) is 0.759. The second-order valence-corrected chi connectivity index (χ2v) is 4.58. The number of nitrogens with two attached hydrogens (primary N) is 1. The lowest BCUT2D eigenvalue weighted by Gasteiger charge is -2.05. The first-order valence-corrected chi connectivity index (χ1v) is 6.32. The summed E-state index contributed by atoms with van der Waals surface area (Å²) in [6.07, 6.45) is 0. The quantitative estimate of drug-likeness (QED) is 0.845. The van der Waals surface area contributed by atoms with Crippen LogP contribution in [0.4, 0.5) is 0 Å². The van der Waals surface area contributed by atoms with Gasteiger partial charge in [-0.3, -0.25) is 0 Å². The Bertz CT molecular complexity index is 439. The van der Waals surface area contributed by atoms with Gasteiger partial charge in [0, 0.05) is 18.1 Å². The van der Waals surface area contributed by atoms with Crippen molar-refractivity contribution >= 4 is 34.9 Å². The van der Waals surface area contributed by atoms with Crippen LogP contribution in [-0.4, -0.2) is 12.3 Å². The van der Waals surface area contributed by atoms with Gasteiger partial charge in [-0.2, -0.15) is 11.8 Å². The summed E-state index contributed by atoms with van der Waals surface area (Å²) in [5.41, 5.74) is 6.89. The predicted molar refractivity (Wildman–Crippen MR) is 76.4 cm³/mol. The molecule has 16 heavy (non-hydrogen) atoms. The smallest absolute Gasteiger partial charge is 0.0191 e. The number of hydrogen-bond acceptors (Lipinski definition) is 2. The first kappa shape index (κ1) is 13.4. The minimum atomic E-state index is 0. The van der Waals surface area contributed by atoms with Crippen molar-refractivity contribution in [1.29, 1.82) is 0 Å². The summed E-state index contributed by atoms with van der Waals surface area (Å²) in [5, 5.41) is 2.69. The van der Waals surface area contributed by atoms with Crippen molar-refractivity contribution in [3.63, 3.8) is 0 Å². The third kappa shape index (κ3) is 3.14. The van der Waals surface area contributed by atoms with E-state index in [0.29, 0.717) is 0 Å². The van der Waals surface area contributed by atoms with Crippen LogP contribution in [0, 0.1) is 0 Å². The summed E-state index contributed by atoms with van der Waals surface area (Å²) in [7, 11) is 0. The van der Waals surface area contributed by atoms with Gasteiger partial charge in [0.05, 0.1) is 0 Å². The van der Waals surface area contributed by atoms with Crippen molar-refractivity contribution in [2.75, 3.05) is 12.3 Å². The van der Waals surface area contributed by atoms with Gasteiger partial charge in [0.25, 0.3) is 0 Å². The maximum absolute atomic E-state index is 5.48. The van der Waals surface area contributed by atoms with Crippen molar-refractivity contribution in [3.8, 4) is 0 Å². The normalized spacial score (nSPS) is 10.1. The molecule has 0 saturated carbocycles. The first-order valence-electron chi connectivity index (χ1n) is 5.16. The molecule has 2 rings (SSSR count). The molecule has 86 valence electrons. The molecule has 0 saturated heterocycles. The van der Waals surface area contributed by atoms with E-state index in [1.54, 1.807) is 0 Å². The Kier molecular flexibility index (Phi) is 5.67. The molecular formula is C13H16ClNS. The van der Waals surface area contributed by atoms with Crippen LogP contribution in [0.3, 0.4) is 0 Å². The van der Waals surface area contributed by atoms with Gasteiger partial charge < -0.3 is 5.73 Å². The largest absolute Gasteiger partial charge is 0.330 e. The molecule has 0 aromatic heterocycles. The molecule has 0 radical (unpaired) electrons. The fraction of sp³-hybridized carbons (Fsp3) is 0.231. The van der Waals surface area contributed by atoms with Crippen LogP contribution in [0.2, 0.25) is 0 Å². The summed E-state index contributed by atoms with van der Waals surface area (Å²) < 4.78 is 0. The summed E-state index contributed by atoms with van der Waals surface area (Å²) >= 11 is 1.90. The number of hydrogen-bond donors (Lipinski definition) is 1. The SMILES string of the molecule is Cl.NCCSCc1cccc2ccccc12. The van der Waals surface area contributed by atoms with E-state index >= 15 is 0 Å². The zero-order chi connectivity index (χ0) is 10.5. The molecule has 2 aromatic rings. The number of thioether (sulfide) groups is 1. The van der Waals surface area contributed by atoms with Crippen molar-refractivity contribution in [3.05, 3.63) is 48.0 Å². The highest BCUT2D eigenvalue weighted by atomic mass is 35.5. The molecule has 0 aliphatic rings. The number of halogens is 1. The maximum atomic E-state index is 5.48.